The van der Waals surface area contributed by atoms with Gasteiger partial charge in [-0.1, -0.05) is 35.5 Å². The second-order valence-electron chi connectivity index (χ2n) is 8.33. The van der Waals surface area contributed by atoms with E-state index in [9.17, 15) is 9.90 Å². The summed E-state index contributed by atoms with van der Waals surface area (Å²) >= 11 is 0. The lowest BCUT2D eigenvalue weighted by Gasteiger charge is -2.11. The summed E-state index contributed by atoms with van der Waals surface area (Å²) in [4.78, 5) is 12.5. The monoisotopic (exact) mass is 442 g/mol. The van der Waals surface area contributed by atoms with Gasteiger partial charge < -0.3 is 15.2 Å². The van der Waals surface area contributed by atoms with Crippen molar-refractivity contribution in [3.63, 3.8) is 0 Å². The highest BCUT2D eigenvalue weighted by atomic mass is 16.5. The van der Waals surface area contributed by atoms with E-state index in [1.54, 1.807) is 56.1 Å². The Hall–Kier alpha value is -3.97. The van der Waals surface area contributed by atoms with Gasteiger partial charge in [-0.2, -0.15) is 0 Å². The summed E-state index contributed by atoms with van der Waals surface area (Å²) in [5.41, 5.74) is 3.92. The summed E-state index contributed by atoms with van der Waals surface area (Å²) < 4.78 is 6.83. The minimum absolute atomic E-state index is 0.182. The molecule has 0 radical (unpaired) electrons. The Balaban J connectivity index is 1.38. The summed E-state index contributed by atoms with van der Waals surface area (Å²) in [6.45, 7) is 3.36. The van der Waals surface area contributed by atoms with Crippen LogP contribution in [0, 0.1) is 0 Å². The second-order valence-corrected chi connectivity index (χ2v) is 8.33. The van der Waals surface area contributed by atoms with Crippen molar-refractivity contribution in [1.29, 1.82) is 0 Å². The molecular weight excluding hydrogens is 416 g/mol. The summed E-state index contributed by atoms with van der Waals surface area (Å²) in [5.74, 6) is 0.462. The van der Waals surface area contributed by atoms with Crippen molar-refractivity contribution in [3.05, 3.63) is 101 Å². The molecule has 0 spiro atoms. The normalized spacial score (nSPS) is 11.3. The van der Waals surface area contributed by atoms with Crippen LogP contribution in [0.3, 0.4) is 0 Å². The molecule has 0 saturated heterocycles. The minimum atomic E-state index is -1.03. The summed E-state index contributed by atoms with van der Waals surface area (Å²) in [6, 6.07) is 22.9. The molecule has 0 aliphatic heterocycles. The molecule has 0 fully saturated rings. The van der Waals surface area contributed by atoms with Gasteiger partial charge in [-0.25, -0.2) is 4.68 Å². The third kappa shape index (κ3) is 5.45. The number of amides is 1. The van der Waals surface area contributed by atoms with E-state index in [0.717, 1.165) is 28.9 Å². The molecule has 0 aliphatic rings. The molecule has 0 atom stereocenters. The van der Waals surface area contributed by atoms with Gasteiger partial charge in [0, 0.05) is 11.3 Å². The molecule has 33 heavy (non-hydrogen) atoms. The van der Waals surface area contributed by atoms with Crippen LogP contribution in [0.5, 0.6) is 5.75 Å². The van der Waals surface area contributed by atoms with E-state index in [4.69, 9.17) is 4.74 Å². The molecule has 7 nitrogen and oxygen atoms in total. The first-order valence-electron chi connectivity index (χ1n) is 10.6. The van der Waals surface area contributed by atoms with Gasteiger partial charge in [-0.15, -0.1) is 5.10 Å². The molecule has 4 rings (SSSR count). The van der Waals surface area contributed by atoms with Crippen LogP contribution in [-0.2, 0) is 12.0 Å². The van der Waals surface area contributed by atoms with Crippen LogP contribution in [0.4, 0.5) is 5.69 Å². The Morgan fingerprint density at radius 2 is 1.70 bits per heavy atom. The van der Waals surface area contributed by atoms with E-state index in [1.165, 1.54) is 0 Å². The topological polar surface area (TPSA) is 89.3 Å². The van der Waals surface area contributed by atoms with Gasteiger partial charge in [0.25, 0.3) is 5.91 Å². The third-order valence-corrected chi connectivity index (χ3v) is 5.27. The van der Waals surface area contributed by atoms with Gasteiger partial charge in [0.2, 0.25) is 0 Å². The van der Waals surface area contributed by atoms with Crippen LogP contribution in [0.15, 0.2) is 79.0 Å². The second kappa shape index (κ2) is 9.26. The predicted molar refractivity (Wildman–Crippen MR) is 127 cm³/mol. The fraction of sp³-hybridized carbons (Fsp3) is 0.192. The minimum Gasteiger partial charge on any atom is -0.497 e. The number of hydrogen-bond acceptors (Lipinski definition) is 5. The molecule has 1 heterocycles. The molecule has 4 aromatic rings. The number of carbonyl (C=O) groups is 1. The molecule has 0 saturated carbocycles. The summed E-state index contributed by atoms with van der Waals surface area (Å²) in [5, 5.41) is 21.1. The van der Waals surface area contributed by atoms with Crippen LogP contribution in [0.2, 0.25) is 0 Å². The first-order valence-corrected chi connectivity index (χ1v) is 10.6. The zero-order valence-corrected chi connectivity index (χ0v) is 18.8. The molecule has 0 aliphatic carbocycles. The predicted octanol–water partition coefficient (Wildman–Crippen LogP) is 4.35. The fourth-order valence-electron chi connectivity index (χ4n) is 3.35. The molecule has 0 unspecified atom stereocenters. The van der Waals surface area contributed by atoms with E-state index >= 15 is 0 Å². The van der Waals surface area contributed by atoms with Gasteiger partial charge >= 0.3 is 0 Å². The number of benzene rings is 3. The largest absolute Gasteiger partial charge is 0.497 e. The van der Waals surface area contributed by atoms with Crippen molar-refractivity contribution in [1.82, 2.24) is 15.0 Å². The fourth-order valence-corrected chi connectivity index (χ4v) is 3.35. The molecule has 3 aromatic carbocycles. The molecule has 168 valence electrons. The Bertz CT molecular complexity index is 1240. The number of rotatable bonds is 7. The van der Waals surface area contributed by atoms with E-state index in [-0.39, 0.29) is 5.91 Å². The number of methoxy groups -OCH3 is 1. The first-order chi connectivity index (χ1) is 15.8. The van der Waals surface area contributed by atoms with Crippen molar-refractivity contribution in [2.75, 3.05) is 12.4 Å². The maximum Gasteiger partial charge on any atom is 0.255 e. The number of anilines is 1. The number of aromatic nitrogens is 3. The number of hydrogen-bond donors (Lipinski definition) is 2. The Morgan fingerprint density at radius 1 is 1.03 bits per heavy atom. The van der Waals surface area contributed by atoms with E-state index in [0.29, 0.717) is 17.0 Å². The highest BCUT2D eigenvalue weighted by Crippen LogP contribution is 2.20. The number of ether oxygens (including phenoxy) is 1. The number of aliphatic hydroxyl groups is 1. The highest BCUT2D eigenvalue weighted by Gasteiger charge is 2.20. The maximum absolute atomic E-state index is 12.5. The lowest BCUT2D eigenvalue weighted by molar-refractivity contribution is 0.0737. The summed E-state index contributed by atoms with van der Waals surface area (Å²) in [6.07, 6.45) is 2.49. The zero-order valence-electron chi connectivity index (χ0n) is 18.8. The van der Waals surface area contributed by atoms with Crippen molar-refractivity contribution >= 4 is 11.6 Å². The Morgan fingerprint density at radius 3 is 2.30 bits per heavy atom. The third-order valence-electron chi connectivity index (χ3n) is 5.27. The van der Waals surface area contributed by atoms with E-state index < -0.39 is 5.60 Å². The number of nitrogens with one attached hydrogen (secondary N) is 1. The van der Waals surface area contributed by atoms with Gasteiger partial charge in [0.05, 0.1) is 19.0 Å². The van der Waals surface area contributed by atoms with Crippen LogP contribution < -0.4 is 10.1 Å². The van der Waals surface area contributed by atoms with Crippen LogP contribution in [-0.4, -0.2) is 33.1 Å². The van der Waals surface area contributed by atoms with Gasteiger partial charge in [0.1, 0.15) is 17.0 Å². The average Bonchev–Trinajstić information content (AvgIpc) is 3.32. The quantitative estimate of drug-likeness (QED) is 0.444. The smallest absolute Gasteiger partial charge is 0.255 e. The van der Waals surface area contributed by atoms with E-state index in [2.05, 4.69) is 15.6 Å². The van der Waals surface area contributed by atoms with Crippen molar-refractivity contribution in [2.24, 2.45) is 0 Å². The Labute approximate surface area is 192 Å². The summed E-state index contributed by atoms with van der Waals surface area (Å²) in [7, 11) is 1.57. The van der Waals surface area contributed by atoms with Crippen LogP contribution in [0.1, 0.15) is 41.0 Å². The van der Waals surface area contributed by atoms with Gasteiger partial charge in [-0.3, -0.25) is 4.79 Å². The van der Waals surface area contributed by atoms with Crippen LogP contribution in [0.25, 0.3) is 5.69 Å². The highest BCUT2D eigenvalue weighted by molar-refractivity contribution is 6.04. The maximum atomic E-state index is 12.5. The van der Waals surface area contributed by atoms with Gasteiger partial charge in [0.15, 0.2) is 0 Å². The average molecular weight is 443 g/mol. The van der Waals surface area contributed by atoms with Crippen molar-refractivity contribution in [3.8, 4) is 11.4 Å². The molecule has 1 aromatic heterocycles. The standard InChI is InChI=1S/C26H26N4O3/c1-26(2,32)24-17-30(29-28-24)22-13-9-19(10-14-22)15-18-7-11-21(12-8-18)27-25(31)20-5-4-6-23(16-20)33-3/h4-14,16-17,32H,15H2,1-3H3,(H,27,31). The van der Waals surface area contributed by atoms with Crippen molar-refractivity contribution < 1.29 is 14.6 Å². The van der Waals surface area contributed by atoms with Gasteiger partial charge in [-0.05, 0) is 73.9 Å². The van der Waals surface area contributed by atoms with Crippen LogP contribution >= 0.6 is 0 Å². The molecule has 0 bridgehead atoms. The molecule has 7 heteroatoms. The molecule has 1 amide bonds. The SMILES string of the molecule is COc1cccc(C(=O)Nc2ccc(Cc3ccc(-n4cc(C(C)(C)O)nn4)cc3)cc2)c1. The zero-order chi connectivity index (χ0) is 23.4. The first kappa shape index (κ1) is 22.2. The van der Waals surface area contributed by atoms with E-state index in [1.807, 2.05) is 48.5 Å². The van der Waals surface area contributed by atoms with Crippen molar-refractivity contribution in [2.45, 2.75) is 25.9 Å². The molecular formula is C26H26N4O3. The number of nitrogens with zero attached hydrogens (tertiary/aromatic N) is 3. The molecule has 2 N–H and O–H groups in total. The number of carbonyl (C=O) groups excluding carboxylic acids is 1. The lowest BCUT2D eigenvalue weighted by atomic mass is 10.0. The lowest BCUT2D eigenvalue weighted by Crippen LogP contribution is -2.15. The Kier molecular flexibility index (Phi) is 6.24.